The van der Waals surface area contributed by atoms with Crippen LogP contribution in [0, 0.1) is 11.8 Å². The smallest absolute Gasteiger partial charge is 0.0695 e. The minimum atomic E-state index is -0.0970. The first-order valence-corrected chi connectivity index (χ1v) is 7.42. The summed E-state index contributed by atoms with van der Waals surface area (Å²) in [7, 11) is 2.19. The lowest BCUT2D eigenvalue weighted by Gasteiger charge is -2.39. The van der Waals surface area contributed by atoms with Gasteiger partial charge in [0.2, 0.25) is 0 Å². The fourth-order valence-corrected chi connectivity index (χ4v) is 2.99. The van der Waals surface area contributed by atoms with E-state index in [0.717, 1.165) is 24.8 Å². The first-order chi connectivity index (χ1) is 8.04. The molecule has 2 heteroatoms. The van der Waals surface area contributed by atoms with E-state index in [4.69, 9.17) is 0 Å². The first-order valence-electron chi connectivity index (χ1n) is 7.42. The number of aliphatic hydroxyl groups excluding tert-OH is 1. The molecule has 1 aliphatic rings. The van der Waals surface area contributed by atoms with Crippen molar-refractivity contribution in [3.63, 3.8) is 0 Å². The molecule has 0 heterocycles. The topological polar surface area (TPSA) is 23.5 Å². The van der Waals surface area contributed by atoms with Gasteiger partial charge in [-0.25, -0.2) is 0 Å². The Labute approximate surface area is 107 Å². The summed E-state index contributed by atoms with van der Waals surface area (Å²) in [5.74, 6) is 1.60. The molecular weight excluding hydrogens is 210 g/mol. The number of rotatable bonds is 6. The quantitative estimate of drug-likeness (QED) is 0.771. The molecule has 1 rings (SSSR count). The highest BCUT2D eigenvalue weighted by Crippen LogP contribution is 2.30. The average molecular weight is 241 g/mol. The fourth-order valence-electron chi connectivity index (χ4n) is 2.99. The molecular formula is C15H31NO. The molecule has 0 bridgehead atoms. The van der Waals surface area contributed by atoms with Crippen molar-refractivity contribution in [3.8, 4) is 0 Å². The van der Waals surface area contributed by atoms with Gasteiger partial charge in [-0.1, -0.05) is 33.6 Å². The minimum absolute atomic E-state index is 0.0970. The molecule has 1 aliphatic carbocycles. The SMILES string of the molecule is CCCC1CCC(O)C(N(C)CCC(C)C)C1. The summed E-state index contributed by atoms with van der Waals surface area (Å²) in [5, 5.41) is 10.1. The van der Waals surface area contributed by atoms with Gasteiger partial charge in [-0.05, 0) is 51.1 Å². The van der Waals surface area contributed by atoms with E-state index in [-0.39, 0.29) is 6.10 Å². The van der Waals surface area contributed by atoms with E-state index in [1.165, 1.54) is 32.1 Å². The van der Waals surface area contributed by atoms with E-state index < -0.39 is 0 Å². The van der Waals surface area contributed by atoms with Gasteiger partial charge >= 0.3 is 0 Å². The zero-order chi connectivity index (χ0) is 12.8. The Morgan fingerprint density at radius 2 is 2.00 bits per heavy atom. The molecule has 1 N–H and O–H groups in total. The first kappa shape index (κ1) is 15.0. The summed E-state index contributed by atoms with van der Waals surface area (Å²) >= 11 is 0. The third kappa shape index (κ3) is 4.97. The number of hydrogen-bond donors (Lipinski definition) is 1. The number of aliphatic hydroxyl groups is 1. The summed E-state index contributed by atoms with van der Waals surface area (Å²) in [6, 6.07) is 0.402. The highest BCUT2D eigenvalue weighted by atomic mass is 16.3. The number of likely N-dealkylation sites (N-methyl/N-ethyl adjacent to an activating group) is 1. The molecule has 0 radical (unpaired) electrons. The van der Waals surface area contributed by atoms with Crippen molar-refractivity contribution in [1.82, 2.24) is 4.90 Å². The van der Waals surface area contributed by atoms with Gasteiger partial charge < -0.3 is 10.0 Å². The molecule has 0 aromatic heterocycles. The maximum Gasteiger partial charge on any atom is 0.0695 e. The summed E-state index contributed by atoms with van der Waals surface area (Å²) in [6.07, 6.45) is 7.18. The predicted octanol–water partition coefficient (Wildman–Crippen LogP) is 3.29. The van der Waals surface area contributed by atoms with Gasteiger partial charge in [0.05, 0.1) is 6.10 Å². The van der Waals surface area contributed by atoms with Gasteiger partial charge in [0.25, 0.3) is 0 Å². The Balaban J connectivity index is 2.42. The minimum Gasteiger partial charge on any atom is -0.391 e. The zero-order valence-corrected chi connectivity index (χ0v) is 12.2. The summed E-state index contributed by atoms with van der Waals surface area (Å²) < 4.78 is 0. The van der Waals surface area contributed by atoms with Gasteiger partial charge in [-0.3, -0.25) is 0 Å². The Morgan fingerprint density at radius 3 is 2.59 bits per heavy atom. The molecule has 0 spiro atoms. The molecule has 0 aromatic rings. The molecule has 0 saturated heterocycles. The second kappa shape index (κ2) is 7.38. The Kier molecular flexibility index (Phi) is 6.50. The zero-order valence-electron chi connectivity index (χ0n) is 12.2. The van der Waals surface area contributed by atoms with Gasteiger partial charge in [0, 0.05) is 6.04 Å². The fraction of sp³-hybridized carbons (Fsp3) is 1.00. The third-order valence-electron chi connectivity index (χ3n) is 4.21. The van der Waals surface area contributed by atoms with Crippen LogP contribution in [0.25, 0.3) is 0 Å². The molecule has 1 fully saturated rings. The van der Waals surface area contributed by atoms with E-state index in [2.05, 4.69) is 32.7 Å². The van der Waals surface area contributed by atoms with Crippen molar-refractivity contribution >= 4 is 0 Å². The van der Waals surface area contributed by atoms with Crippen molar-refractivity contribution < 1.29 is 5.11 Å². The largest absolute Gasteiger partial charge is 0.391 e. The molecule has 0 amide bonds. The Hall–Kier alpha value is -0.0800. The molecule has 0 aromatic carbocycles. The predicted molar refractivity (Wildman–Crippen MR) is 74.1 cm³/mol. The second-order valence-corrected chi connectivity index (χ2v) is 6.27. The summed E-state index contributed by atoms with van der Waals surface area (Å²) in [6.45, 7) is 7.93. The van der Waals surface area contributed by atoms with Crippen LogP contribution in [-0.2, 0) is 0 Å². The van der Waals surface area contributed by atoms with E-state index >= 15 is 0 Å². The van der Waals surface area contributed by atoms with Gasteiger partial charge in [-0.15, -0.1) is 0 Å². The van der Waals surface area contributed by atoms with Crippen LogP contribution in [0.3, 0.4) is 0 Å². The summed E-state index contributed by atoms with van der Waals surface area (Å²) in [4.78, 5) is 2.40. The molecule has 2 nitrogen and oxygen atoms in total. The normalized spacial score (nSPS) is 30.2. The van der Waals surface area contributed by atoms with Gasteiger partial charge in [0.1, 0.15) is 0 Å². The second-order valence-electron chi connectivity index (χ2n) is 6.27. The lowest BCUT2D eigenvalue weighted by Crippen LogP contribution is -2.46. The van der Waals surface area contributed by atoms with Crippen LogP contribution in [0.5, 0.6) is 0 Å². The van der Waals surface area contributed by atoms with Crippen molar-refractivity contribution in [2.24, 2.45) is 11.8 Å². The molecule has 102 valence electrons. The van der Waals surface area contributed by atoms with Crippen LogP contribution in [0.2, 0.25) is 0 Å². The Bertz CT molecular complexity index is 205. The van der Waals surface area contributed by atoms with Crippen LogP contribution >= 0.6 is 0 Å². The number of hydrogen-bond acceptors (Lipinski definition) is 2. The van der Waals surface area contributed by atoms with E-state index in [1.807, 2.05) is 0 Å². The Morgan fingerprint density at radius 1 is 1.29 bits per heavy atom. The summed E-state index contributed by atoms with van der Waals surface area (Å²) in [5.41, 5.74) is 0. The van der Waals surface area contributed by atoms with E-state index in [0.29, 0.717) is 6.04 Å². The van der Waals surface area contributed by atoms with Crippen molar-refractivity contribution in [3.05, 3.63) is 0 Å². The van der Waals surface area contributed by atoms with E-state index in [9.17, 15) is 5.11 Å². The van der Waals surface area contributed by atoms with E-state index in [1.54, 1.807) is 0 Å². The maximum absolute atomic E-state index is 10.1. The lowest BCUT2D eigenvalue weighted by atomic mass is 9.81. The van der Waals surface area contributed by atoms with Gasteiger partial charge in [0.15, 0.2) is 0 Å². The highest BCUT2D eigenvalue weighted by molar-refractivity contribution is 4.85. The monoisotopic (exact) mass is 241 g/mol. The molecule has 3 atom stereocenters. The third-order valence-corrected chi connectivity index (χ3v) is 4.21. The van der Waals surface area contributed by atoms with Crippen LogP contribution in [0.4, 0.5) is 0 Å². The van der Waals surface area contributed by atoms with Crippen LogP contribution in [0.1, 0.15) is 59.3 Å². The van der Waals surface area contributed by atoms with Crippen molar-refractivity contribution in [1.29, 1.82) is 0 Å². The number of nitrogens with zero attached hydrogens (tertiary/aromatic N) is 1. The van der Waals surface area contributed by atoms with Crippen molar-refractivity contribution in [2.45, 2.75) is 71.4 Å². The maximum atomic E-state index is 10.1. The van der Waals surface area contributed by atoms with Crippen LogP contribution in [-0.4, -0.2) is 35.7 Å². The average Bonchev–Trinajstić information content (AvgIpc) is 2.29. The van der Waals surface area contributed by atoms with Crippen LogP contribution < -0.4 is 0 Å². The molecule has 3 unspecified atom stereocenters. The van der Waals surface area contributed by atoms with Gasteiger partial charge in [-0.2, -0.15) is 0 Å². The van der Waals surface area contributed by atoms with Crippen molar-refractivity contribution in [2.75, 3.05) is 13.6 Å². The molecule has 1 saturated carbocycles. The highest BCUT2D eigenvalue weighted by Gasteiger charge is 2.31. The lowest BCUT2D eigenvalue weighted by molar-refractivity contribution is 0.0113. The standard InChI is InChI=1S/C15H31NO/c1-5-6-13-7-8-15(17)14(11-13)16(4)10-9-12(2)3/h12-15,17H,5-11H2,1-4H3. The molecule has 17 heavy (non-hydrogen) atoms. The van der Waals surface area contributed by atoms with Crippen LogP contribution in [0.15, 0.2) is 0 Å². The molecule has 0 aliphatic heterocycles.